The van der Waals surface area contributed by atoms with Gasteiger partial charge in [0.2, 0.25) is 0 Å². The molecule has 0 aliphatic heterocycles. The van der Waals surface area contributed by atoms with Crippen LogP contribution in [0.5, 0.6) is 0 Å². The molecule has 148 valence electrons. The third-order valence-corrected chi connectivity index (χ3v) is 5.26. The SMILES string of the molecule is Cc1ccnc(Nc2cc(NCCNS(=O)(=O)c3cn(C)c(C)n3)ncn2)c1. The zero-order chi connectivity index (χ0) is 20.1. The Morgan fingerprint density at radius 1 is 1.04 bits per heavy atom. The molecule has 0 amide bonds. The van der Waals surface area contributed by atoms with E-state index >= 15 is 0 Å². The molecule has 0 atom stereocenters. The Kier molecular flexibility index (Phi) is 5.85. The second-order valence-corrected chi connectivity index (χ2v) is 7.91. The normalized spacial score (nSPS) is 11.4. The van der Waals surface area contributed by atoms with Crippen molar-refractivity contribution >= 4 is 27.5 Å². The lowest BCUT2D eigenvalue weighted by molar-refractivity contribution is 0.579. The molecule has 3 aromatic rings. The van der Waals surface area contributed by atoms with Gasteiger partial charge in [0, 0.05) is 38.6 Å². The van der Waals surface area contributed by atoms with E-state index in [2.05, 4.69) is 35.3 Å². The van der Waals surface area contributed by atoms with Crippen molar-refractivity contribution in [3.63, 3.8) is 0 Å². The number of nitrogens with one attached hydrogen (secondary N) is 3. The van der Waals surface area contributed by atoms with E-state index < -0.39 is 10.0 Å². The molecule has 0 radical (unpaired) electrons. The van der Waals surface area contributed by atoms with Crippen LogP contribution in [-0.2, 0) is 17.1 Å². The highest BCUT2D eigenvalue weighted by molar-refractivity contribution is 7.89. The molecule has 0 bridgehead atoms. The fourth-order valence-corrected chi connectivity index (χ4v) is 3.43. The average Bonchev–Trinajstić information content (AvgIpc) is 2.99. The van der Waals surface area contributed by atoms with E-state index in [9.17, 15) is 8.42 Å². The van der Waals surface area contributed by atoms with Gasteiger partial charge in [0.05, 0.1) is 0 Å². The molecule has 3 heterocycles. The first-order valence-corrected chi connectivity index (χ1v) is 10.1. The number of hydrogen-bond donors (Lipinski definition) is 3. The van der Waals surface area contributed by atoms with Crippen molar-refractivity contribution in [2.75, 3.05) is 23.7 Å². The lowest BCUT2D eigenvalue weighted by Crippen LogP contribution is -2.29. The van der Waals surface area contributed by atoms with Gasteiger partial charge >= 0.3 is 0 Å². The summed E-state index contributed by atoms with van der Waals surface area (Å²) in [6, 6.07) is 5.54. The van der Waals surface area contributed by atoms with Gasteiger partial charge in [0.1, 0.15) is 29.6 Å². The van der Waals surface area contributed by atoms with Gasteiger partial charge in [-0.15, -0.1) is 0 Å². The van der Waals surface area contributed by atoms with Gasteiger partial charge in [-0.2, -0.15) is 0 Å². The molecule has 11 heteroatoms. The van der Waals surface area contributed by atoms with Crippen LogP contribution in [0, 0.1) is 13.8 Å². The summed E-state index contributed by atoms with van der Waals surface area (Å²) < 4.78 is 28.6. The zero-order valence-corrected chi connectivity index (χ0v) is 16.7. The first kappa shape index (κ1) is 19.7. The summed E-state index contributed by atoms with van der Waals surface area (Å²) in [7, 11) is -1.90. The first-order chi connectivity index (χ1) is 13.3. The third-order valence-electron chi connectivity index (χ3n) is 3.92. The summed E-state index contributed by atoms with van der Waals surface area (Å²) in [6.07, 6.45) is 4.61. The standard InChI is InChI=1S/C17H22N8O2S/c1-12-4-5-18-15(8-12)24-16-9-14(20-11-21-16)19-6-7-22-28(26,27)17-10-25(3)13(2)23-17/h4-5,8-11,22H,6-7H2,1-3H3,(H2,18,19,20,21,24). The van der Waals surface area contributed by atoms with Crippen LogP contribution in [0.4, 0.5) is 17.5 Å². The fourth-order valence-electron chi connectivity index (χ4n) is 2.36. The lowest BCUT2D eigenvalue weighted by atomic mass is 10.3. The Hall–Kier alpha value is -3.05. The number of rotatable bonds is 8. The molecule has 0 saturated carbocycles. The number of hydrogen-bond acceptors (Lipinski definition) is 8. The van der Waals surface area contributed by atoms with Gasteiger partial charge in [-0.3, -0.25) is 0 Å². The molecule has 3 N–H and O–H groups in total. The molecule has 10 nitrogen and oxygen atoms in total. The highest BCUT2D eigenvalue weighted by atomic mass is 32.2. The maximum Gasteiger partial charge on any atom is 0.259 e. The van der Waals surface area contributed by atoms with Gasteiger partial charge in [-0.1, -0.05) is 0 Å². The average molecular weight is 402 g/mol. The maximum atomic E-state index is 12.2. The summed E-state index contributed by atoms with van der Waals surface area (Å²) in [5, 5.41) is 6.17. The van der Waals surface area contributed by atoms with Crippen LogP contribution in [0.15, 0.2) is 41.9 Å². The molecular weight excluding hydrogens is 380 g/mol. The first-order valence-electron chi connectivity index (χ1n) is 8.59. The van der Waals surface area contributed by atoms with E-state index in [4.69, 9.17) is 0 Å². The fraction of sp³-hybridized carbons (Fsp3) is 0.294. The highest BCUT2D eigenvalue weighted by Gasteiger charge is 2.17. The molecule has 0 spiro atoms. The number of aryl methyl sites for hydroxylation is 3. The van der Waals surface area contributed by atoms with Gasteiger partial charge in [0.25, 0.3) is 10.0 Å². The van der Waals surface area contributed by atoms with E-state index in [-0.39, 0.29) is 11.6 Å². The molecule has 0 aliphatic rings. The van der Waals surface area contributed by atoms with E-state index in [1.165, 1.54) is 12.5 Å². The Morgan fingerprint density at radius 2 is 1.79 bits per heavy atom. The smallest absolute Gasteiger partial charge is 0.259 e. The number of imidazole rings is 1. The van der Waals surface area contributed by atoms with Crippen LogP contribution in [0.1, 0.15) is 11.4 Å². The van der Waals surface area contributed by atoms with Crippen LogP contribution >= 0.6 is 0 Å². The summed E-state index contributed by atoms with van der Waals surface area (Å²) in [5.74, 6) is 2.46. The number of aromatic nitrogens is 5. The molecule has 0 unspecified atom stereocenters. The third kappa shape index (κ3) is 5.02. The van der Waals surface area contributed by atoms with E-state index in [0.717, 1.165) is 5.56 Å². The number of sulfonamides is 1. The lowest BCUT2D eigenvalue weighted by Gasteiger charge is -2.09. The minimum Gasteiger partial charge on any atom is -0.369 e. The molecular formula is C17H22N8O2S. The van der Waals surface area contributed by atoms with Crippen molar-refractivity contribution in [1.82, 2.24) is 29.2 Å². The van der Waals surface area contributed by atoms with E-state index in [0.29, 0.717) is 29.8 Å². The summed E-state index contributed by atoms with van der Waals surface area (Å²) in [6.45, 7) is 4.26. The minimum absolute atomic E-state index is 0.00618. The number of pyridine rings is 1. The van der Waals surface area contributed by atoms with Crippen LogP contribution in [-0.4, -0.2) is 46.0 Å². The summed E-state index contributed by atoms with van der Waals surface area (Å²) in [5.41, 5.74) is 1.08. The van der Waals surface area contributed by atoms with Gasteiger partial charge < -0.3 is 15.2 Å². The topological polar surface area (TPSA) is 127 Å². The minimum atomic E-state index is -3.64. The molecule has 0 fully saturated rings. The van der Waals surface area contributed by atoms with Gasteiger partial charge in [-0.25, -0.2) is 33.1 Å². The van der Waals surface area contributed by atoms with Gasteiger partial charge in [-0.05, 0) is 31.5 Å². The Balaban J connectivity index is 1.53. The largest absolute Gasteiger partial charge is 0.369 e. The van der Waals surface area contributed by atoms with Crippen LogP contribution in [0.25, 0.3) is 0 Å². The second-order valence-electron chi connectivity index (χ2n) is 6.19. The highest BCUT2D eigenvalue weighted by Crippen LogP contribution is 2.15. The molecule has 0 aliphatic carbocycles. The molecule has 3 aromatic heterocycles. The molecule has 0 saturated heterocycles. The molecule has 0 aromatic carbocycles. The monoisotopic (exact) mass is 402 g/mol. The van der Waals surface area contributed by atoms with Gasteiger partial charge in [0.15, 0.2) is 5.03 Å². The van der Waals surface area contributed by atoms with Crippen molar-refractivity contribution in [3.8, 4) is 0 Å². The second kappa shape index (κ2) is 8.31. The van der Waals surface area contributed by atoms with Crippen LogP contribution in [0.2, 0.25) is 0 Å². The quantitative estimate of drug-likeness (QED) is 0.482. The number of anilines is 3. The maximum absolute atomic E-state index is 12.2. The predicted molar refractivity (Wildman–Crippen MR) is 106 cm³/mol. The number of nitrogens with zero attached hydrogens (tertiary/aromatic N) is 5. The van der Waals surface area contributed by atoms with Crippen LogP contribution in [0.3, 0.4) is 0 Å². The van der Waals surface area contributed by atoms with Crippen molar-refractivity contribution in [3.05, 3.63) is 48.3 Å². The van der Waals surface area contributed by atoms with Crippen molar-refractivity contribution in [2.24, 2.45) is 7.05 Å². The summed E-state index contributed by atoms with van der Waals surface area (Å²) in [4.78, 5) is 16.5. The molecule has 28 heavy (non-hydrogen) atoms. The van der Waals surface area contributed by atoms with Crippen LogP contribution < -0.4 is 15.4 Å². The van der Waals surface area contributed by atoms with E-state index in [1.54, 1.807) is 30.8 Å². The Morgan fingerprint density at radius 3 is 2.50 bits per heavy atom. The van der Waals surface area contributed by atoms with Crippen molar-refractivity contribution in [2.45, 2.75) is 18.9 Å². The Labute approximate surface area is 163 Å². The van der Waals surface area contributed by atoms with Crippen molar-refractivity contribution < 1.29 is 8.42 Å². The molecule has 3 rings (SSSR count). The predicted octanol–water partition coefficient (Wildman–Crippen LogP) is 1.36. The zero-order valence-electron chi connectivity index (χ0n) is 15.8. The summed E-state index contributed by atoms with van der Waals surface area (Å²) >= 11 is 0. The Bertz CT molecular complexity index is 1050. The van der Waals surface area contributed by atoms with Crippen molar-refractivity contribution in [1.29, 1.82) is 0 Å². The van der Waals surface area contributed by atoms with E-state index in [1.807, 2.05) is 19.1 Å².